The average molecular weight is 750 g/mol. The maximum absolute atomic E-state index is 3.95. The molecule has 1 aromatic carbocycles. The highest BCUT2D eigenvalue weighted by atomic mass is 79.9. The monoisotopic (exact) mass is 746 g/mol. The van der Waals surface area contributed by atoms with Gasteiger partial charge in [0.25, 0.3) is 0 Å². The summed E-state index contributed by atoms with van der Waals surface area (Å²) in [6, 6.07) is 9.47. The van der Waals surface area contributed by atoms with E-state index >= 15 is 0 Å². The minimum absolute atomic E-state index is 1.14. The summed E-state index contributed by atoms with van der Waals surface area (Å²) in [7, 11) is -2.59. The van der Waals surface area contributed by atoms with E-state index < -0.39 is 16.1 Å². The molecule has 4 aromatic heterocycles. The number of thiophene rings is 4. The lowest BCUT2D eigenvalue weighted by Crippen LogP contribution is -2.34. The van der Waals surface area contributed by atoms with E-state index in [2.05, 4.69) is 118 Å². The fraction of sp³-hybridized carbons (Fsp3) is 0.280. The molecule has 0 amide bonds. The van der Waals surface area contributed by atoms with E-state index in [1.165, 1.54) is 49.7 Å². The molecule has 0 bridgehead atoms. The molecule has 0 saturated carbocycles. The molecule has 0 aliphatic heterocycles. The van der Waals surface area contributed by atoms with Gasteiger partial charge in [0.15, 0.2) is 0 Å². The van der Waals surface area contributed by atoms with Crippen molar-refractivity contribution in [3.63, 3.8) is 0 Å². The van der Waals surface area contributed by atoms with E-state index in [1.54, 1.807) is 9.00 Å². The van der Waals surface area contributed by atoms with Gasteiger partial charge in [0, 0.05) is 39.0 Å². The summed E-state index contributed by atoms with van der Waals surface area (Å²) < 4.78 is 12.4. The molecule has 9 heteroatoms. The van der Waals surface area contributed by atoms with Gasteiger partial charge in [-0.15, -0.1) is 45.3 Å². The number of hydrogen-bond donors (Lipinski definition) is 0. The molecule has 0 N–H and O–H groups in total. The molecule has 4 heterocycles. The maximum Gasteiger partial charge on any atom is 0.0904 e. The van der Waals surface area contributed by atoms with Crippen LogP contribution in [0.1, 0.15) is 5.56 Å². The largest absolute Gasteiger partial charge is 0.144 e. The predicted octanol–water partition coefficient (Wildman–Crippen LogP) is 11.3. The standard InChI is InChI=1S/C25H25Br3S4Si2/c1-12-22(29-17-10-19(31-23(12)17)33(2,3)4)13-8-16(27)14(9-15(13)26)24-21(28)25-18(30-24)11-20(32-25)34(5,6)7/h8-11H,1-7H3. The number of benzene rings is 1. The van der Waals surface area contributed by atoms with Crippen LogP contribution in [0.5, 0.6) is 0 Å². The lowest BCUT2D eigenvalue weighted by atomic mass is 10.1. The number of halogens is 3. The summed E-state index contributed by atoms with van der Waals surface area (Å²) in [4.78, 5) is 2.67. The Bertz CT molecular complexity index is 1450. The highest BCUT2D eigenvalue weighted by Gasteiger charge is 2.25. The van der Waals surface area contributed by atoms with Crippen molar-refractivity contribution in [1.82, 2.24) is 0 Å². The highest BCUT2D eigenvalue weighted by Crippen LogP contribution is 2.50. The summed E-state index contributed by atoms with van der Waals surface area (Å²) in [5.74, 6) is 0. The van der Waals surface area contributed by atoms with Crippen molar-refractivity contribution in [2.45, 2.75) is 46.2 Å². The zero-order chi connectivity index (χ0) is 24.7. The van der Waals surface area contributed by atoms with Gasteiger partial charge in [0.2, 0.25) is 0 Å². The Morgan fingerprint density at radius 1 is 0.588 bits per heavy atom. The van der Waals surface area contributed by atoms with Gasteiger partial charge >= 0.3 is 0 Å². The second-order valence-electron chi connectivity index (χ2n) is 10.7. The van der Waals surface area contributed by atoms with Crippen LogP contribution in [0.15, 0.2) is 37.7 Å². The van der Waals surface area contributed by atoms with Gasteiger partial charge in [0.05, 0.1) is 30.2 Å². The van der Waals surface area contributed by atoms with Crippen molar-refractivity contribution in [2.75, 3.05) is 0 Å². The molecular formula is C25H25Br3S4Si2. The van der Waals surface area contributed by atoms with Gasteiger partial charge in [-0.25, -0.2) is 0 Å². The lowest BCUT2D eigenvalue weighted by Gasteiger charge is -2.13. The molecule has 34 heavy (non-hydrogen) atoms. The first kappa shape index (κ1) is 26.0. The average Bonchev–Trinajstić information content (AvgIpc) is 3.45. The maximum atomic E-state index is 3.95. The summed E-state index contributed by atoms with van der Waals surface area (Å²) in [6.07, 6.45) is 0. The van der Waals surface area contributed by atoms with Crippen LogP contribution < -0.4 is 9.00 Å². The molecule has 0 aliphatic carbocycles. The molecule has 5 rings (SSSR count). The van der Waals surface area contributed by atoms with Gasteiger partial charge in [-0.1, -0.05) is 71.1 Å². The van der Waals surface area contributed by atoms with Gasteiger partial charge in [0.1, 0.15) is 0 Å². The summed E-state index contributed by atoms with van der Waals surface area (Å²) in [5, 5.41) is 0. The Morgan fingerprint density at radius 2 is 1.03 bits per heavy atom. The third kappa shape index (κ3) is 4.49. The molecule has 0 fully saturated rings. The van der Waals surface area contributed by atoms with Crippen LogP contribution in [-0.2, 0) is 0 Å². The zero-order valence-electron chi connectivity index (χ0n) is 20.1. The first-order chi connectivity index (χ1) is 15.8. The van der Waals surface area contributed by atoms with Crippen molar-refractivity contribution in [3.05, 3.63) is 43.2 Å². The predicted molar refractivity (Wildman–Crippen MR) is 178 cm³/mol. The van der Waals surface area contributed by atoms with Gasteiger partial charge in [-0.05, 0) is 61.7 Å². The van der Waals surface area contributed by atoms with E-state index in [0.29, 0.717) is 0 Å². The van der Waals surface area contributed by atoms with E-state index in [4.69, 9.17) is 0 Å². The molecule has 178 valence electrons. The second-order valence-corrected chi connectivity index (χ2v) is 28.2. The Kier molecular flexibility index (Phi) is 6.90. The molecule has 0 unspecified atom stereocenters. The summed E-state index contributed by atoms with van der Waals surface area (Å²) in [6.45, 7) is 16.9. The molecule has 0 spiro atoms. The molecular weight excluding hydrogens is 724 g/mol. The summed E-state index contributed by atoms with van der Waals surface area (Å²) >= 11 is 19.6. The quantitative estimate of drug-likeness (QED) is 0.161. The van der Waals surface area contributed by atoms with E-state index in [1.807, 2.05) is 45.3 Å². The Morgan fingerprint density at radius 3 is 1.50 bits per heavy atom. The van der Waals surface area contributed by atoms with Gasteiger partial charge < -0.3 is 0 Å². The van der Waals surface area contributed by atoms with Crippen LogP contribution in [0.3, 0.4) is 0 Å². The van der Waals surface area contributed by atoms with Crippen molar-refractivity contribution in [2.24, 2.45) is 0 Å². The normalized spacial score (nSPS) is 13.0. The van der Waals surface area contributed by atoms with Gasteiger partial charge in [-0.2, -0.15) is 0 Å². The Balaban J connectivity index is 1.59. The highest BCUT2D eigenvalue weighted by molar-refractivity contribution is 9.11. The molecule has 0 saturated heterocycles. The molecule has 0 nitrogen and oxygen atoms in total. The Labute approximate surface area is 244 Å². The van der Waals surface area contributed by atoms with E-state index in [9.17, 15) is 0 Å². The lowest BCUT2D eigenvalue weighted by molar-refractivity contribution is 1.55. The minimum Gasteiger partial charge on any atom is -0.144 e. The zero-order valence-corrected chi connectivity index (χ0v) is 30.1. The molecule has 0 aliphatic rings. The number of fused-ring (bicyclic) bond motifs is 2. The van der Waals surface area contributed by atoms with Crippen LogP contribution >= 0.6 is 93.1 Å². The third-order valence-corrected chi connectivity index (χ3v) is 20.8. The van der Waals surface area contributed by atoms with Crippen LogP contribution in [0.25, 0.3) is 39.7 Å². The van der Waals surface area contributed by atoms with Crippen LogP contribution in [0, 0.1) is 6.92 Å². The van der Waals surface area contributed by atoms with Crippen molar-refractivity contribution in [1.29, 1.82) is 0 Å². The smallest absolute Gasteiger partial charge is 0.0904 e. The number of aryl methyl sites for hydroxylation is 1. The topological polar surface area (TPSA) is 0 Å². The van der Waals surface area contributed by atoms with Crippen molar-refractivity contribution in [3.8, 4) is 20.9 Å². The van der Waals surface area contributed by atoms with Gasteiger partial charge in [-0.3, -0.25) is 0 Å². The van der Waals surface area contributed by atoms with E-state index in [0.717, 1.165) is 8.95 Å². The van der Waals surface area contributed by atoms with Crippen LogP contribution in [0.4, 0.5) is 0 Å². The SMILES string of the molecule is Cc1c(-c2cc(Br)c(-c3sc4cc([Si](C)(C)C)sc4c3Br)cc2Br)sc2cc([Si](C)(C)C)sc12. The van der Waals surface area contributed by atoms with Crippen LogP contribution in [-0.4, -0.2) is 16.1 Å². The molecule has 0 radical (unpaired) electrons. The fourth-order valence-corrected chi connectivity index (χ4v) is 15.3. The Hall–Kier alpha value is 0.414. The van der Waals surface area contributed by atoms with Crippen molar-refractivity contribution >= 4 is 137 Å². The van der Waals surface area contributed by atoms with E-state index in [-0.39, 0.29) is 0 Å². The summed E-state index contributed by atoms with van der Waals surface area (Å²) in [5.41, 5.74) is 3.92. The molecule has 0 atom stereocenters. The first-order valence-corrected chi connectivity index (χ1v) is 23.7. The number of hydrogen-bond acceptors (Lipinski definition) is 4. The number of rotatable bonds is 4. The first-order valence-electron chi connectivity index (χ1n) is 11.0. The second kappa shape index (κ2) is 9.01. The minimum atomic E-state index is -1.30. The van der Waals surface area contributed by atoms with Crippen molar-refractivity contribution < 1.29 is 0 Å². The molecule has 5 aromatic rings. The van der Waals surface area contributed by atoms with Crippen LogP contribution in [0.2, 0.25) is 39.3 Å². The fourth-order valence-electron chi connectivity index (χ4n) is 3.93. The third-order valence-electron chi connectivity index (χ3n) is 5.92.